The molecule has 0 aliphatic heterocycles. The van der Waals surface area contributed by atoms with Crippen molar-refractivity contribution in [3.05, 3.63) is 0 Å². The maximum Gasteiger partial charge on any atom is 0.221 e. The smallest absolute Gasteiger partial charge is 0.221 e. The molecule has 1 atom stereocenters. The quantitative estimate of drug-likeness (QED) is 0.608. The van der Waals surface area contributed by atoms with E-state index in [2.05, 4.69) is 5.32 Å². The van der Waals surface area contributed by atoms with Crippen LogP contribution < -0.4 is 11.1 Å². The predicted octanol–water partition coefficient (Wildman–Crippen LogP) is 1.42. The van der Waals surface area contributed by atoms with E-state index in [1.54, 1.807) is 0 Å². The van der Waals surface area contributed by atoms with Crippen LogP contribution in [0.1, 0.15) is 45.4 Å². The molecule has 1 amide bonds. The molecule has 3 heteroatoms. The van der Waals surface area contributed by atoms with Gasteiger partial charge in [0.1, 0.15) is 0 Å². The zero-order valence-corrected chi connectivity index (χ0v) is 9.09. The number of rotatable bonds is 7. The summed E-state index contributed by atoms with van der Waals surface area (Å²) in [5.41, 5.74) is 5.68. The first-order valence-corrected chi connectivity index (χ1v) is 5.74. The van der Waals surface area contributed by atoms with Crippen LogP contribution in [-0.4, -0.2) is 18.5 Å². The predicted molar refractivity (Wildman–Crippen MR) is 57.9 cm³/mol. The molecular formula is C11H22N2O. The van der Waals surface area contributed by atoms with E-state index in [1.165, 1.54) is 19.3 Å². The van der Waals surface area contributed by atoms with Gasteiger partial charge in [-0.15, -0.1) is 0 Å². The van der Waals surface area contributed by atoms with Crippen molar-refractivity contribution < 1.29 is 4.79 Å². The Morgan fingerprint density at radius 3 is 2.86 bits per heavy atom. The van der Waals surface area contributed by atoms with E-state index in [4.69, 9.17) is 5.73 Å². The minimum absolute atomic E-state index is 0.0263. The molecule has 0 spiro atoms. The molecule has 0 heterocycles. The van der Waals surface area contributed by atoms with Crippen LogP contribution in [0, 0.1) is 5.92 Å². The molecule has 82 valence electrons. The topological polar surface area (TPSA) is 55.1 Å². The van der Waals surface area contributed by atoms with Crippen molar-refractivity contribution in [2.45, 2.75) is 51.5 Å². The second kappa shape index (κ2) is 6.02. The molecule has 3 N–H and O–H groups in total. The van der Waals surface area contributed by atoms with Gasteiger partial charge in [-0.25, -0.2) is 0 Å². The second-order valence-electron chi connectivity index (χ2n) is 4.31. The van der Waals surface area contributed by atoms with E-state index in [1.807, 2.05) is 6.92 Å². The van der Waals surface area contributed by atoms with Gasteiger partial charge in [-0.2, -0.15) is 0 Å². The highest BCUT2D eigenvalue weighted by Crippen LogP contribution is 2.33. The van der Waals surface area contributed by atoms with Gasteiger partial charge in [0.15, 0.2) is 0 Å². The molecule has 0 radical (unpaired) electrons. The van der Waals surface area contributed by atoms with Crippen molar-refractivity contribution in [3.8, 4) is 0 Å². The number of carbonyl (C=O) groups excluding carboxylic acids is 1. The van der Waals surface area contributed by atoms with E-state index in [9.17, 15) is 4.79 Å². The highest BCUT2D eigenvalue weighted by atomic mass is 16.1. The highest BCUT2D eigenvalue weighted by molar-refractivity contribution is 5.76. The van der Waals surface area contributed by atoms with Crippen LogP contribution in [0.4, 0.5) is 0 Å². The van der Waals surface area contributed by atoms with Crippen molar-refractivity contribution in [1.29, 1.82) is 0 Å². The molecule has 1 saturated carbocycles. The normalized spacial score (nSPS) is 17.9. The van der Waals surface area contributed by atoms with E-state index in [-0.39, 0.29) is 11.9 Å². The van der Waals surface area contributed by atoms with Crippen LogP contribution in [0.25, 0.3) is 0 Å². The van der Waals surface area contributed by atoms with E-state index < -0.39 is 0 Å². The third kappa shape index (κ3) is 5.22. The van der Waals surface area contributed by atoms with Gasteiger partial charge in [0.25, 0.3) is 0 Å². The first kappa shape index (κ1) is 11.5. The third-order valence-electron chi connectivity index (χ3n) is 2.78. The molecule has 3 nitrogen and oxygen atoms in total. The summed E-state index contributed by atoms with van der Waals surface area (Å²) >= 11 is 0. The standard InChI is InChI=1S/C11H22N2O/c1-2-10(12)8-11(14)13-7-3-4-9-5-6-9/h9-10H,2-8,12H2,1H3,(H,13,14). The molecule has 1 rings (SSSR count). The lowest BCUT2D eigenvalue weighted by Gasteiger charge is -2.08. The Labute approximate surface area is 86.4 Å². The summed E-state index contributed by atoms with van der Waals surface area (Å²) in [6.45, 7) is 2.83. The summed E-state index contributed by atoms with van der Waals surface area (Å²) in [4.78, 5) is 11.3. The minimum atomic E-state index is 0.0263. The van der Waals surface area contributed by atoms with E-state index >= 15 is 0 Å². The number of hydrogen-bond acceptors (Lipinski definition) is 2. The average Bonchev–Trinajstić information content (AvgIpc) is 2.96. The molecular weight excluding hydrogens is 176 g/mol. The molecule has 1 aliphatic carbocycles. The lowest BCUT2D eigenvalue weighted by atomic mass is 10.1. The number of hydrogen-bond donors (Lipinski definition) is 2. The maximum absolute atomic E-state index is 11.3. The first-order valence-electron chi connectivity index (χ1n) is 5.74. The Bertz CT molecular complexity index is 178. The fourth-order valence-electron chi connectivity index (χ4n) is 1.48. The zero-order valence-electron chi connectivity index (χ0n) is 9.09. The van der Waals surface area contributed by atoms with Crippen LogP contribution in [-0.2, 0) is 4.79 Å². The fourth-order valence-corrected chi connectivity index (χ4v) is 1.48. The summed E-state index contributed by atoms with van der Waals surface area (Å²) in [6.07, 6.45) is 6.54. The third-order valence-corrected chi connectivity index (χ3v) is 2.78. The molecule has 0 aromatic carbocycles. The van der Waals surface area contributed by atoms with Crippen LogP contribution >= 0.6 is 0 Å². The summed E-state index contributed by atoms with van der Waals surface area (Å²) < 4.78 is 0. The lowest BCUT2D eigenvalue weighted by Crippen LogP contribution is -2.31. The molecule has 1 unspecified atom stereocenters. The Morgan fingerprint density at radius 2 is 2.29 bits per heavy atom. The molecule has 0 saturated heterocycles. The largest absolute Gasteiger partial charge is 0.356 e. The van der Waals surface area contributed by atoms with Crippen molar-refractivity contribution in [3.63, 3.8) is 0 Å². The summed E-state index contributed by atoms with van der Waals surface area (Å²) in [5, 5.41) is 2.91. The average molecular weight is 198 g/mol. The summed E-state index contributed by atoms with van der Waals surface area (Å²) in [7, 11) is 0. The SMILES string of the molecule is CCC(N)CC(=O)NCCCC1CC1. The van der Waals surface area contributed by atoms with Gasteiger partial charge in [0.05, 0.1) is 0 Å². The number of amides is 1. The Hall–Kier alpha value is -0.570. The van der Waals surface area contributed by atoms with Crippen LogP contribution in [0.3, 0.4) is 0 Å². The Balaban J connectivity index is 1.91. The number of nitrogens with one attached hydrogen (secondary N) is 1. The van der Waals surface area contributed by atoms with Crippen molar-refractivity contribution >= 4 is 5.91 Å². The van der Waals surface area contributed by atoms with Crippen LogP contribution in [0.15, 0.2) is 0 Å². The summed E-state index contributed by atoms with van der Waals surface area (Å²) in [5.74, 6) is 1.07. The Morgan fingerprint density at radius 1 is 1.57 bits per heavy atom. The molecule has 0 aromatic heterocycles. The van der Waals surface area contributed by atoms with Crippen molar-refractivity contribution in [2.24, 2.45) is 11.7 Å². The van der Waals surface area contributed by atoms with Gasteiger partial charge in [-0.05, 0) is 25.2 Å². The van der Waals surface area contributed by atoms with Gasteiger partial charge in [0, 0.05) is 19.0 Å². The Kier molecular flexibility index (Phi) is 4.94. The second-order valence-corrected chi connectivity index (χ2v) is 4.31. The van der Waals surface area contributed by atoms with Gasteiger partial charge in [-0.1, -0.05) is 19.8 Å². The molecule has 1 aliphatic rings. The van der Waals surface area contributed by atoms with Gasteiger partial charge >= 0.3 is 0 Å². The van der Waals surface area contributed by atoms with Crippen LogP contribution in [0.5, 0.6) is 0 Å². The van der Waals surface area contributed by atoms with Crippen LogP contribution in [0.2, 0.25) is 0 Å². The maximum atomic E-state index is 11.3. The fraction of sp³-hybridized carbons (Fsp3) is 0.909. The summed E-state index contributed by atoms with van der Waals surface area (Å²) in [6, 6.07) is 0.0263. The number of nitrogens with two attached hydrogens (primary N) is 1. The molecule has 14 heavy (non-hydrogen) atoms. The zero-order chi connectivity index (χ0) is 10.4. The van der Waals surface area contributed by atoms with E-state index in [0.717, 1.165) is 25.3 Å². The molecule has 1 fully saturated rings. The molecule has 0 bridgehead atoms. The highest BCUT2D eigenvalue weighted by Gasteiger charge is 2.20. The van der Waals surface area contributed by atoms with Gasteiger partial charge in [-0.3, -0.25) is 4.79 Å². The van der Waals surface area contributed by atoms with E-state index in [0.29, 0.717) is 6.42 Å². The van der Waals surface area contributed by atoms with Crippen molar-refractivity contribution in [1.82, 2.24) is 5.32 Å². The molecule has 0 aromatic rings. The van der Waals surface area contributed by atoms with Gasteiger partial charge < -0.3 is 11.1 Å². The lowest BCUT2D eigenvalue weighted by molar-refractivity contribution is -0.121. The first-order chi connectivity index (χ1) is 6.72. The number of carbonyl (C=O) groups is 1. The monoisotopic (exact) mass is 198 g/mol. The van der Waals surface area contributed by atoms with Crippen molar-refractivity contribution in [2.75, 3.05) is 6.54 Å². The minimum Gasteiger partial charge on any atom is -0.356 e. The van der Waals surface area contributed by atoms with Gasteiger partial charge in [0.2, 0.25) is 5.91 Å².